The van der Waals surface area contributed by atoms with Crippen molar-refractivity contribution < 1.29 is 9.59 Å². The molecule has 3 N–H and O–H groups in total. The molecule has 0 radical (unpaired) electrons. The van der Waals surface area contributed by atoms with E-state index in [0.717, 1.165) is 34.9 Å². The first kappa shape index (κ1) is 19.3. The Bertz CT molecular complexity index is 1300. The Kier molecular flexibility index (Phi) is 4.88. The number of hydrogen-bond donors (Lipinski definition) is 3. The predicted octanol–water partition coefficient (Wildman–Crippen LogP) is 4.88. The van der Waals surface area contributed by atoms with Crippen LogP contribution in [-0.2, 0) is 4.79 Å². The number of aromatic amines is 1. The summed E-state index contributed by atoms with van der Waals surface area (Å²) in [5.74, 6) is 0.385. The van der Waals surface area contributed by atoms with Gasteiger partial charge < -0.3 is 15.6 Å². The van der Waals surface area contributed by atoms with Crippen LogP contribution in [-0.4, -0.2) is 26.8 Å². The monoisotopic (exact) mass is 431 g/mol. The average molecular weight is 432 g/mol. The van der Waals surface area contributed by atoms with Gasteiger partial charge in [-0.15, -0.1) is 0 Å². The molecule has 3 heterocycles. The van der Waals surface area contributed by atoms with Crippen LogP contribution in [0.15, 0.2) is 61.1 Å². The number of hydrogen-bond acceptors (Lipinski definition) is 4. The molecule has 1 aromatic carbocycles. The number of amides is 2. The Morgan fingerprint density at radius 2 is 1.94 bits per heavy atom. The molecule has 0 spiro atoms. The van der Waals surface area contributed by atoms with E-state index in [0.29, 0.717) is 22.2 Å². The Labute approximate surface area is 182 Å². The molecule has 31 heavy (non-hydrogen) atoms. The standard InChI is InChI=1S/C23H18ClN5O2/c24-19-7-6-15(11-26-19)23(31)28-18-3-1-2-16-17(12-27-21(16)18)14-8-9-25-20(10-14)29-22(30)13-4-5-13/h1-3,6-13,27H,4-5H2,(H,28,31)(H,25,29,30). The average Bonchev–Trinajstić information content (AvgIpc) is 3.54. The van der Waals surface area contributed by atoms with Crippen LogP contribution in [0.25, 0.3) is 22.0 Å². The van der Waals surface area contributed by atoms with Gasteiger partial charge in [-0.2, -0.15) is 0 Å². The third-order valence-corrected chi connectivity index (χ3v) is 5.45. The van der Waals surface area contributed by atoms with E-state index in [4.69, 9.17) is 11.6 Å². The second kappa shape index (κ2) is 7.85. The number of halogens is 1. The smallest absolute Gasteiger partial charge is 0.257 e. The number of nitrogens with one attached hydrogen (secondary N) is 3. The Balaban J connectivity index is 1.43. The molecule has 1 saturated carbocycles. The number of benzene rings is 1. The maximum absolute atomic E-state index is 12.6. The van der Waals surface area contributed by atoms with Crippen molar-refractivity contribution in [1.29, 1.82) is 0 Å². The fourth-order valence-electron chi connectivity index (χ4n) is 3.44. The lowest BCUT2D eigenvalue weighted by Crippen LogP contribution is -2.14. The number of anilines is 2. The van der Waals surface area contributed by atoms with Crippen molar-refractivity contribution in [3.8, 4) is 11.1 Å². The molecule has 0 atom stereocenters. The summed E-state index contributed by atoms with van der Waals surface area (Å²) >= 11 is 5.80. The normalized spacial score (nSPS) is 13.2. The Morgan fingerprint density at radius 3 is 2.71 bits per heavy atom. The van der Waals surface area contributed by atoms with E-state index in [1.165, 1.54) is 6.20 Å². The van der Waals surface area contributed by atoms with Crippen molar-refractivity contribution in [3.63, 3.8) is 0 Å². The van der Waals surface area contributed by atoms with Gasteiger partial charge in [0.15, 0.2) is 0 Å². The Morgan fingerprint density at radius 1 is 1.06 bits per heavy atom. The highest BCUT2D eigenvalue weighted by Gasteiger charge is 2.29. The number of para-hydroxylation sites is 1. The zero-order valence-corrected chi connectivity index (χ0v) is 17.1. The molecule has 3 aromatic heterocycles. The molecule has 1 aliphatic carbocycles. The first-order valence-electron chi connectivity index (χ1n) is 9.89. The van der Waals surface area contributed by atoms with Crippen molar-refractivity contribution >= 4 is 45.8 Å². The van der Waals surface area contributed by atoms with Crippen LogP contribution in [0, 0.1) is 5.92 Å². The molecule has 0 unspecified atom stereocenters. The fraction of sp³-hybridized carbons (Fsp3) is 0.130. The number of fused-ring (bicyclic) bond motifs is 1. The molecule has 5 rings (SSSR count). The van der Waals surface area contributed by atoms with Gasteiger partial charge in [0.1, 0.15) is 11.0 Å². The van der Waals surface area contributed by atoms with Crippen molar-refractivity contribution in [2.45, 2.75) is 12.8 Å². The molecule has 2 amide bonds. The van der Waals surface area contributed by atoms with Crippen LogP contribution in [0.4, 0.5) is 11.5 Å². The molecule has 1 fully saturated rings. The van der Waals surface area contributed by atoms with Gasteiger partial charge in [0.25, 0.3) is 5.91 Å². The van der Waals surface area contributed by atoms with Gasteiger partial charge in [-0.25, -0.2) is 9.97 Å². The highest BCUT2D eigenvalue weighted by molar-refractivity contribution is 6.29. The van der Waals surface area contributed by atoms with E-state index < -0.39 is 0 Å². The number of carbonyl (C=O) groups is 2. The molecule has 0 aliphatic heterocycles. The minimum Gasteiger partial charge on any atom is -0.359 e. The van der Waals surface area contributed by atoms with Crippen LogP contribution in [0.2, 0.25) is 5.15 Å². The van der Waals surface area contributed by atoms with Gasteiger partial charge in [0.2, 0.25) is 5.91 Å². The van der Waals surface area contributed by atoms with Crippen LogP contribution in [0.5, 0.6) is 0 Å². The lowest BCUT2D eigenvalue weighted by atomic mass is 10.1. The SMILES string of the molecule is O=C(Nc1cccc2c(-c3ccnc(NC(=O)C4CC4)c3)c[nH]c12)c1ccc(Cl)nc1. The first-order chi connectivity index (χ1) is 15.1. The largest absolute Gasteiger partial charge is 0.359 e. The van der Waals surface area contributed by atoms with Crippen LogP contribution < -0.4 is 10.6 Å². The lowest BCUT2D eigenvalue weighted by Gasteiger charge is -2.08. The zero-order chi connectivity index (χ0) is 21.4. The third kappa shape index (κ3) is 4.00. The minimum absolute atomic E-state index is 0.0188. The van der Waals surface area contributed by atoms with Gasteiger partial charge in [0, 0.05) is 35.5 Å². The summed E-state index contributed by atoms with van der Waals surface area (Å²) in [5, 5.41) is 7.07. The van der Waals surface area contributed by atoms with Gasteiger partial charge in [-0.3, -0.25) is 9.59 Å². The summed E-state index contributed by atoms with van der Waals surface area (Å²) in [6.07, 6.45) is 6.87. The molecule has 4 aromatic rings. The Hall–Kier alpha value is -3.71. The second-order valence-electron chi connectivity index (χ2n) is 7.45. The van der Waals surface area contributed by atoms with Gasteiger partial charge in [0.05, 0.1) is 16.8 Å². The quantitative estimate of drug-likeness (QED) is 0.392. The van der Waals surface area contributed by atoms with E-state index in [1.54, 1.807) is 18.3 Å². The van der Waals surface area contributed by atoms with Crippen molar-refractivity contribution in [1.82, 2.24) is 15.0 Å². The maximum atomic E-state index is 12.6. The lowest BCUT2D eigenvalue weighted by molar-refractivity contribution is -0.117. The second-order valence-corrected chi connectivity index (χ2v) is 7.83. The number of pyridine rings is 2. The summed E-state index contributed by atoms with van der Waals surface area (Å²) in [4.78, 5) is 36.1. The summed E-state index contributed by atoms with van der Waals surface area (Å²) in [5.41, 5.74) is 3.73. The molecule has 8 heteroatoms. The van der Waals surface area contributed by atoms with E-state index in [-0.39, 0.29) is 17.7 Å². The molecule has 154 valence electrons. The maximum Gasteiger partial charge on any atom is 0.257 e. The van der Waals surface area contributed by atoms with Crippen molar-refractivity contribution in [2.75, 3.05) is 10.6 Å². The van der Waals surface area contributed by atoms with E-state index in [9.17, 15) is 9.59 Å². The van der Waals surface area contributed by atoms with Crippen molar-refractivity contribution in [3.05, 3.63) is 71.8 Å². The highest BCUT2D eigenvalue weighted by atomic mass is 35.5. The number of H-pyrrole nitrogens is 1. The zero-order valence-electron chi connectivity index (χ0n) is 16.4. The van der Waals surface area contributed by atoms with Gasteiger partial charge in [-0.05, 0) is 48.7 Å². The summed E-state index contributed by atoms with van der Waals surface area (Å²) in [6.45, 7) is 0. The molecule has 0 saturated heterocycles. The van der Waals surface area contributed by atoms with Gasteiger partial charge in [-0.1, -0.05) is 23.7 Å². The molecule has 7 nitrogen and oxygen atoms in total. The summed E-state index contributed by atoms with van der Waals surface area (Å²) in [7, 11) is 0. The first-order valence-corrected chi connectivity index (χ1v) is 10.3. The van der Waals surface area contributed by atoms with Crippen molar-refractivity contribution in [2.24, 2.45) is 5.92 Å². The third-order valence-electron chi connectivity index (χ3n) is 5.22. The molecular weight excluding hydrogens is 414 g/mol. The van der Waals surface area contributed by atoms with Crippen LogP contribution in [0.1, 0.15) is 23.2 Å². The van der Waals surface area contributed by atoms with E-state index in [2.05, 4.69) is 25.6 Å². The van der Waals surface area contributed by atoms with Crippen LogP contribution in [0.3, 0.4) is 0 Å². The number of carbonyl (C=O) groups excluding carboxylic acids is 2. The highest BCUT2D eigenvalue weighted by Crippen LogP contribution is 2.34. The number of aromatic nitrogens is 3. The van der Waals surface area contributed by atoms with E-state index >= 15 is 0 Å². The molecule has 0 bridgehead atoms. The number of nitrogens with zero attached hydrogens (tertiary/aromatic N) is 2. The van der Waals surface area contributed by atoms with E-state index in [1.807, 2.05) is 36.5 Å². The fourth-order valence-corrected chi connectivity index (χ4v) is 3.55. The van der Waals surface area contributed by atoms with Gasteiger partial charge >= 0.3 is 0 Å². The predicted molar refractivity (Wildman–Crippen MR) is 120 cm³/mol. The summed E-state index contributed by atoms with van der Waals surface area (Å²) in [6, 6.07) is 12.6. The number of rotatable bonds is 5. The minimum atomic E-state index is -0.276. The topological polar surface area (TPSA) is 99.8 Å². The van der Waals surface area contributed by atoms with Crippen LogP contribution >= 0.6 is 11.6 Å². The molecule has 1 aliphatic rings. The summed E-state index contributed by atoms with van der Waals surface area (Å²) < 4.78 is 0. The molecular formula is C23H18ClN5O2.